The van der Waals surface area contributed by atoms with Gasteiger partial charge >= 0.3 is 0 Å². The van der Waals surface area contributed by atoms with Crippen molar-refractivity contribution in [1.82, 2.24) is 9.78 Å². The van der Waals surface area contributed by atoms with Gasteiger partial charge < -0.3 is 0 Å². The van der Waals surface area contributed by atoms with E-state index in [9.17, 15) is 0 Å². The van der Waals surface area contributed by atoms with Crippen LogP contribution in [0.2, 0.25) is 0 Å². The van der Waals surface area contributed by atoms with Gasteiger partial charge in [0.1, 0.15) is 0 Å². The summed E-state index contributed by atoms with van der Waals surface area (Å²) >= 11 is 0. The second kappa shape index (κ2) is 6.55. The summed E-state index contributed by atoms with van der Waals surface area (Å²) in [7, 11) is 0. The Labute approximate surface area is 160 Å². The molecule has 3 aromatic carbocycles. The standard InChI is InChI=1S/C25H22N2/c1-18-15-26-27(16-18)17-20-11-9-19(10-12-20)13-21-6-4-8-24-23-7-3-2-5-22(23)14-25(21)24/h2-12,15-16H,13-14,17H2,1H3. The van der Waals surface area contributed by atoms with Crippen molar-refractivity contribution >= 4 is 0 Å². The van der Waals surface area contributed by atoms with Crippen LogP contribution in [0.5, 0.6) is 0 Å². The molecule has 0 amide bonds. The number of rotatable bonds is 4. The van der Waals surface area contributed by atoms with Gasteiger partial charge in [-0.15, -0.1) is 0 Å². The first kappa shape index (κ1) is 16.1. The summed E-state index contributed by atoms with van der Waals surface area (Å²) in [6.07, 6.45) is 6.03. The van der Waals surface area contributed by atoms with Crippen LogP contribution in [0.25, 0.3) is 11.1 Å². The number of hydrogen-bond donors (Lipinski definition) is 0. The summed E-state index contributed by atoms with van der Waals surface area (Å²) in [5.41, 5.74) is 11.0. The Balaban J connectivity index is 1.37. The topological polar surface area (TPSA) is 17.8 Å². The maximum Gasteiger partial charge on any atom is 0.0659 e. The van der Waals surface area contributed by atoms with Crippen molar-refractivity contribution in [3.05, 3.63) is 113 Å². The van der Waals surface area contributed by atoms with E-state index in [0.29, 0.717) is 0 Å². The molecule has 0 unspecified atom stereocenters. The number of fused-ring (bicyclic) bond motifs is 3. The van der Waals surface area contributed by atoms with E-state index in [-0.39, 0.29) is 0 Å². The van der Waals surface area contributed by atoms with Gasteiger partial charge in [0.05, 0.1) is 12.7 Å². The third kappa shape index (κ3) is 3.08. The van der Waals surface area contributed by atoms with E-state index in [1.165, 1.54) is 44.5 Å². The molecule has 1 aliphatic rings. The highest BCUT2D eigenvalue weighted by molar-refractivity contribution is 5.78. The van der Waals surface area contributed by atoms with Gasteiger partial charge in [-0.25, -0.2) is 0 Å². The average Bonchev–Trinajstić information content (AvgIpc) is 3.27. The van der Waals surface area contributed by atoms with Crippen molar-refractivity contribution < 1.29 is 0 Å². The Morgan fingerprint density at radius 2 is 1.63 bits per heavy atom. The first-order valence-electron chi connectivity index (χ1n) is 9.52. The van der Waals surface area contributed by atoms with E-state index in [1.54, 1.807) is 0 Å². The fraction of sp³-hybridized carbons (Fsp3) is 0.160. The van der Waals surface area contributed by atoms with Gasteiger partial charge in [0.15, 0.2) is 0 Å². The quantitative estimate of drug-likeness (QED) is 0.424. The molecule has 0 spiro atoms. The second-order valence-electron chi connectivity index (χ2n) is 7.49. The van der Waals surface area contributed by atoms with Crippen LogP contribution in [0.15, 0.2) is 79.1 Å². The first-order chi connectivity index (χ1) is 13.3. The van der Waals surface area contributed by atoms with Gasteiger partial charge in [-0.3, -0.25) is 4.68 Å². The van der Waals surface area contributed by atoms with E-state index in [2.05, 4.69) is 84.9 Å². The fourth-order valence-electron chi connectivity index (χ4n) is 4.11. The molecular formula is C25H22N2. The van der Waals surface area contributed by atoms with E-state index < -0.39 is 0 Å². The summed E-state index contributed by atoms with van der Waals surface area (Å²) in [6.45, 7) is 2.90. The zero-order valence-electron chi connectivity index (χ0n) is 15.5. The summed E-state index contributed by atoms with van der Waals surface area (Å²) < 4.78 is 1.99. The molecule has 1 aromatic heterocycles. The minimum absolute atomic E-state index is 0.824. The van der Waals surface area contributed by atoms with Gasteiger partial charge in [-0.05, 0) is 64.3 Å². The highest BCUT2D eigenvalue weighted by atomic mass is 15.3. The van der Waals surface area contributed by atoms with Gasteiger partial charge in [-0.1, -0.05) is 66.7 Å². The minimum Gasteiger partial charge on any atom is -0.268 e. The molecule has 0 saturated carbocycles. The lowest BCUT2D eigenvalue weighted by atomic mass is 9.95. The molecular weight excluding hydrogens is 328 g/mol. The van der Waals surface area contributed by atoms with Crippen LogP contribution in [0.1, 0.15) is 33.4 Å². The molecule has 1 heterocycles. The summed E-state index contributed by atoms with van der Waals surface area (Å²) in [5.74, 6) is 0. The van der Waals surface area contributed by atoms with E-state index in [4.69, 9.17) is 0 Å². The summed E-state index contributed by atoms with van der Waals surface area (Å²) in [4.78, 5) is 0. The molecule has 4 aromatic rings. The molecule has 2 heteroatoms. The molecule has 2 nitrogen and oxygen atoms in total. The average molecular weight is 350 g/mol. The van der Waals surface area contributed by atoms with Crippen LogP contribution in [-0.2, 0) is 19.4 Å². The van der Waals surface area contributed by atoms with Crippen LogP contribution in [0.3, 0.4) is 0 Å². The lowest BCUT2D eigenvalue weighted by Crippen LogP contribution is -2.00. The van der Waals surface area contributed by atoms with Crippen molar-refractivity contribution in [2.45, 2.75) is 26.3 Å². The van der Waals surface area contributed by atoms with Crippen LogP contribution in [-0.4, -0.2) is 9.78 Å². The van der Waals surface area contributed by atoms with Gasteiger partial charge in [0.25, 0.3) is 0 Å². The van der Waals surface area contributed by atoms with Crippen molar-refractivity contribution in [2.24, 2.45) is 0 Å². The molecule has 0 bridgehead atoms. The van der Waals surface area contributed by atoms with Crippen LogP contribution >= 0.6 is 0 Å². The Bertz CT molecular complexity index is 1100. The zero-order valence-corrected chi connectivity index (χ0v) is 15.5. The number of aryl methyl sites for hydroxylation is 1. The maximum absolute atomic E-state index is 4.38. The predicted molar refractivity (Wildman–Crippen MR) is 110 cm³/mol. The highest BCUT2D eigenvalue weighted by Crippen LogP contribution is 2.38. The Hall–Kier alpha value is -3.13. The van der Waals surface area contributed by atoms with E-state index >= 15 is 0 Å². The number of benzene rings is 3. The third-order valence-corrected chi connectivity index (χ3v) is 5.47. The monoisotopic (exact) mass is 350 g/mol. The third-order valence-electron chi connectivity index (χ3n) is 5.47. The van der Waals surface area contributed by atoms with Crippen molar-refractivity contribution in [3.63, 3.8) is 0 Å². The predicted octanol–water partition coefficient (Wildman–Crippen LogP) is 5.40. The molecule has 0 fully saturated rings. The molecule has 132 valence electrons. The Morgan fingerprint density at radius 1 is 0.852 bits per heavy atom. The first-order valence-corrected chi connectivity index (χ1v) is 9.52. The number of nitrogens with zero attached hydrogens (tertiary/aromatic N) is 2. The van der Waals surface area contributed by atoms with Crippen LogP contribution in [0.4, 0.5) is 0 Å². The molecule has 0 atom stereocenters. The SMILES string of the molecule is Cc1cnn(Cc2ccc(Cc3cccc4c3Cc3ccccc3-4)cc2)c1. The Morgan fingerprint density at radius 3 is 2.44 bits per heavy atom. The van der Waals surface area contributed by atoms with Crippen molar-refractivity contribution in [2.75, 3.05) is 0 Å². The number of hydrogen-bond acceptors (Lipinski definition) is 1. The highest BCUT2D eigenvalue weighted by Gasteiger charge is 2.20. The summed E-state index contributed by atoms with van der Waals surface area (Å²) in [6, 6.07) is 24.5. The van der Waals surface area contributed by atoms with Gasteiger partial charge in [0, 0.05) is 6.20 Å². The minimum atomic E-state index is 0.824. The second-order valence-corrected chi connectivity index (χ2v) is 7.49. The van der Waals surface area contributed by atoms with E-state index in [1.807, 2.05) is 10.9 Å². The van der Waals surface area contributed by atoms with Crippen LogP contribution in [0, 0.1) is 6.92 Å². The Kier molecular flexibility index (Phi) is 3.90. The molecule has 5 rings (SSSR count). The lowest BCUT2D eigenvalue weighted by molar-refractivity contribution is 0.686. The maximum atomic E-state index is 4.38. The normalized spacial score (nSPS) is 12.0. The van der Waals surface area contributed by atoms with Crippen LogP contribution < -0.4 is 0 Å². The molecule has 0 N–H and O–H groups in total. The summed E-state index contributed by atoms with van der Waals surface area (Å²) in [5, 5.41) is 4.38. The van der Waals surface area contributed by atoms with Gasteiger partial charge in [-0.2, -0.15) is 5.10 Å². The fourth-order valence-corrected chi connectivity index (χ4v) is 4.11. The lowest BCUT2D eigenvalue weighted by Gasteiger charge is -2.10. The molecule has 1 aliphatic carbocycles. The number of aromatic nitrogens is 2. The molecule has 0 saturated heterocycles. The zero-order chi connectivity index (χ0) is 18.2. The molecule has 0 radical (unpaired) electrons. The van der Waals surface area contributed by atoms with E-state index in [0.717, 1.165) is 19.4 Å². The molecule has 0 aliphatic heterocycles. The van der Waals surface area contributed by atoms with Gasteiger partial charge in [0.2, 0.25) is 0 Å². The smallest absolute Gasteiger partial charge is 0.0659 e. The molecule has 27 heavy (non-hydrogen) atoms. The largest absolute Gasteiger partial charge is 0.268 e. The van der Waals surface area contributed by atoms with Crippen molar-refractivity contribution in [3.8, 4) is 11.1 Å². The van der Waals surface area contributed by atoms with Crippen molar-refractivity contribution in [1.29, 1.82) is 0 Å².